The maximum absolute atomic E-state index is 9.36. The van der Waals surface area contributed by atoms with Gasteiger partial charge in [-0.25, -0.2) is 0 Å². The number of aryl methyl sites for hydroxylation is 1. The van der Waals surface area contributed by atoms with Gasteiger partial charge in [0.05, 0.1) is 6.07 Å². The topological polar surface area (TPSA) is 35.8 Å². The number of hydrogen-bond acceptors (Lipinski definition) is 2. The van der Waals surface area contributed by atoms with Crippen molar-refractivity contribution >= 4 is 37.5 Å². The largest absolute Gasteiger partial charge is 0.366 e. The molecule has 1 N–H and O–H groups in total. The van der Waals surface area contributed by atoms with E-state index in [9.17, 15) is 5.26 Å². The van der Waals surface area contributed by atoms with E-state index in [1.54, 1.807) is 0 Å². The van der Waals surface area contributed by atoms with Crippen LogP contribution >= 0.6 is 31.9 Å². The number of anilines is 1. The number of rotatable bonds is 3. The third-order valence-electron chi connectivity index (χ3n) is 2.73. The molecule has 0 radical (unpaired) electrons. The summed E-state index contributed by atoms with van der Waals surface area (Å²) in [5.41, 5.74) is 3.01. The fourth-order valence-electron chi connectivity index (χ4n) is 1.79. The maximum Gasteiger partial charge on any atom is 0.141 e. The average Bonchev–Trinajstić information content (AvgIpc) is 2.37. The molecule has 0 aliphatic rings. The fourth-order valence-corrected chi connectivity index (χ4v) is 2.91. The van der Waals surface area contributed by atoms with Gasteiger partial charge in [0.25, 0.3) is 0 Å². The van der Waals surface area contributed by atoms with Gasteiger partial charge in [0.2, 0.25) is 0 Å². The van der Waals surface area contributed by atoms with Gasteiger partial charge in [0.15, 0.2) is 0 Å². The molecule has 2 nitrogen and oxygen atoms in total. The molecule has 1 unspecified atom stereocenters. The number of nitriles is 1. The first-order chi connectivity index (χ1) is 9.10. The summed E-state index contributed by atoms with van der Waals surface area (Å²) in [6.07, 6.45) is 0. The predicted octanol–water partition coefficient (Wildman–Crippen LogP) is 5.20. The molecule has 2 aromatic rings. The molecule has 0 spiro atoms. The molecule has 96 valence electrons. The summed E-state index contributed by atoms with van der Waals surface area (Å²) in [4.78, 5) is 0. The van der Waals surface area contributed by atoms with E-state index in [0.717, 1.165) is 25.8 Å². The highest BCUT2D eigenvalue weighted by atomic mass is 79.9. The highest BCUT2D eigenvalue weighted by Gasteiger charge is 2.13. The molecule has 0 fully saturated rings. The van der Waals surface area contributed by atoms with E-state index in [0.29, 0.717) is 0 Å². The van der Waals surface area contributed by atoms with Gasteiger partial charge in [-0.2, -0.15) is 5.26 Å². The van der Waals surface area contributed by atoms with Crippen LogP contribution in [0.25, 0.3) is 0 Å². The molecule has 0 aromatic heterocycles. The number of nitrogens with one attached hydrogen (secondary N) is 1. The monoisotopic (exact) mass is 378 g/mol. The second kappa shape index (κ2) is 6.23. The molecule has 0 aliphatic carbocycles. The van der Waals surface area contributed by atoms with Crippen molar-refractivity contribution in [3.8, 4) is 6.07 Å². The first-order valence-corrected chi connectivity index (χ1v) is 7.36. The Bertz CT molecular complexity index is 632. The van der Waals surface area contributed by atoms with Crippen molar-refractivity contribution in [1.29, 1.82) is 5.26 Å². The van der Waals surface area contributed by atoms with Crippen LogP contribution in [-0.2, 0) is 0 Å². The molecule has 19 heavy (non-hydrogen) atoms. The second-order valence-electron chi connectivity index (χ2n) is 4.24. The van der Waals surface area contributed by atoms with Crippen molar-refractivity contribution in [2.24, 2.45) is 0 Å². The van der Waals surface area contributed by atoms with Gasteiger partial charge >= 0.3 is 0 Å². The molecular weight excluding hydrogens is 368 g/mol. The molecule has 0 saturated carbocycles. The Labute approximate surface area is 129 Å². The highest BCUT2D eigenvalue weighted by Crippen LogP contribution is 2.28. The van der Waals surface area contributed by atoms with E-state index in [1.807, 2.05) is 49.4 Å². The molecule has 0 bridgehead atoms. The minimum absolute atomic E-state index is 0.385. The van der Waals surface area contributed by atoms with Gasteiger partial charge in [-0.05, 0) is 36.8 Å². The molecule has 0 amide bonds. The number of nitrogens with zero attached hydrogens (tertiary/aromatic N) is 1. The van der Waals surface area contributed by atoms with Gasteiger partial charge in [0, 0.05) is 20.2 Å². The summed E-state index contributed by atoms with van der Waals surface area (Å²) in [5.74, 6) is 0. The summed E-state index contributed by atoms with van der Waals surface area (Å²) in [6.45, 7) is 2.03. The lowest BCUT2D eigenvalue weighted by Crippen LogP contribution is -2.09. The van der Waals surface area contributed by atoms with Crippen LogP contribution in [0, 0.1) is 18.3 Å². The Hall–Kier alpha value is -1.31. The summed E-state index contributed by atoms with van der Waals surface area (Å²) in [6, 6.07) is 15.7. The van der Waals surface area contributed by atoms with E-state index < -0.39 is 0 Å². The molecule has 0 saturated heterocycles. The van der Waals surface area contributed by atoms with Crippen LogP contribution in [0.3, 0.4) is 0 Å². The summed E-state index contributed by atoms with van der Waals surface area (Å²) >= 11 is 6.94. The van der Waals surface area contributed by atoms with Crippen LogP contribution in [0.15, 0.2) is 51.4 Å². The smallest absolute Gasteiger partial charge is 0.141 e. The average molecular weight is 380 g/mol. The standard InChI is InChI=1S/C15H12Br2N2/c1-10-5-6-13(14(17)7-10)15(9-18)19-12-4-2-3-11(16)8-12/h2-8,15,19H,1H3. The van der Waals surface area contributed by atoms with Crippen LogP contribution in [0.2, 0.25) is 0 Å². The Morgan fingerprint density at radius 1 is 1.16 bits per heavy atom. The van der Waals surface area contributed by atoms with E-state index >= 15 is 0 Å². The summed E-state index contributed by atoms with van der Waals surface area (Å²) in [7, 11) is 0. The van der Waals surface area contributed by atoms with Crippen molar-refractivity contribution in [2.45, 2.75) is 13.0 Å². The van der Waals surface area contributed by atoms with Crippen molar-refractivity contribution in [1.82, 2.24) is 0 Å². The van der Waals surface area contributed by atoms with Crippen molar-refractivity contribution in [2.75, 3.05) is 5.32 Å². The molecular formula is C15H12Br2N2. The third kappa shape index (κ3) is 3.59. The first-order valence-electron chi connectivity index (χ1n) is 5.78. The molecule has 0 heterocycles. The van der Waals surface area contributed by atoms with Crippen LogP contribution < -0.4 is 5.32 Å². The van der Waals surface area contributed by atoms with Crippen molar-refractivity contribution < 1.29 is 0 Å². The fraction of sp³-hybridized carbons (Fsp3) is 0.133. The Morgan fingerprint density at radius 3 is 2.58 bits per heavy atom. The van der Waals surface area contributed by atoms with E-state index in [-0.39, 0.29) is 6.04 Å². The van der Waals surface area contributed by atoms with Crippen LogP contribution in [-0.4, -0.2) is 0 Å². The van der Waals surface area contributed by atoms with Gasteiger partial charge in [-0.15, -0.1) is 0 Å². The normalized spacial score (nSPS) is 11.7. The first kappa shape index (κ1) is 14.1. The second-order valence-corrected chi connectivity index (χ2v) is 6.01. The van der Waals surface area contributed by atoms with E-state index in [2.05, 4.69) is 43.2 Å². The van der Waals surface area contributed by atoms with Crippen LogP contribution in [0.1, 0.15) is 17.2 Å². The highest BCUT2D eigenvalue weighted by molar-refractivity contribution is 9.10. The molecule has 4 heteroatoms. The van der Waals surface area contributed by atoms with Gasteiger partial charge in [-0.1, -0.05) is 50.1 Å². The predicted molar refractivity (Wildman–Crippen MR) is 85.0 cm³/mol. The van der Waals surface area contributed by atoms with Gasteiger partial charge in [-0.3, -0.25) is 0 Å². The Balaban J connectivity index is 2.28. The zero-order chi connectivity index (χ0) is 13.8. The molecule has 2 aromatic carbocycles. The maximum atomic E-state index is 9.36. The zero-order valence-corrected chi connectivity index (χ0v) is 13.5. The Morgan fingerprint density at radius 2 is 1.95 bits per heavy atom. The SMILES string of the molecule is Cc1ccc(C(C#N)Nc2cccc(Br)c2)c(Br)c1. The number of benzene rings is 2. The minimum Gasteiger partial charge on any atom is -0.366 e. The lowest BCUT2D eigenvalue weighted by Gasteiger charge is -2.15. The van der Waals surface area contributed by atoms with E-state index in [4.69, 9.17) is 0 Å². The van der Waals surface area contributed by atoms with Gasteiger partial charge < -0.3 is 5.32 Å². The van der Waals surface area contributed by atoms with Crippen molar-refractivity contribution in [3.63, 3.8) is 0 Å². The quantitative estimate of drug-likeness (QED) is 0.795. The zero-order valence-electron chi connectivity index (χ0n) is 10.3. The number of halogens is 2. The van der Waals surface area contributed by atoms with Gasteiger partial charge in [0.1, 0.15) is 6.04 Å². The summed E-state index contributed by atoms with van der Waals surface area (Å²) < 4.78 is 1.93. The third-order valence-corrected chi connectivity index (χ3v) is 3.91. The lowest BCUT2D eigenvalue weighted by molar-refractivity contribution is 0.987. The molecule has 2 rings (SSSR count). The van der Waals surface area contributed by atoms with Crippen LogP contribution in [0.5, 0.6) is 0 Å². The van der Waals surface area contributed by atoms with Crippen LogP contribution in [0.4, 0.5) is 5.69 Å². The summed E-state index contributed by atoms with van der Waals surface area (Å²) in [5, 5.41) is 12.6. The minimum atomic E-state index is -0.385. The number of hydrogen-bond donors (Lipinski definition) is 1. The van der Waals surface area contributed by atoms with E-state index in [1.165, 1.54) is 0 Å². The lowest BCUT2D eigenvalue weighted by atomic mass is 10.1. The molecule has 0 aliphatic heterocycles. The van der Waals surface area contributed by atoms with Crippen molar-refractivity contribution in [3.05, 3.63) is 62.5 Å². The molecule has 1 atom stereocenters. The Kier molecular flexibility index (Phi) is 4.62.